The van der Waals surface area contributed by atoms with Gasteiger partial charge in [-0.1, -0.05) is 49.7 Å². The molecule has 1 aliphatic heterocycles. The van der Waals surface area contributed by atoms with Crippen molar-refractivity contribution in [1.29, 1.82) is 0 Å². The Labute approximate surface area is 215 Å². The number of benzene rings is 1. The van der Waals surface area contributed by atoms with Crippen molar-refractivity contribution in [2.75, 3.05) is 32.1 Å². The van der Waals surface area contributed by atoms with E-state index in [9.17, 15) is 18.4 Å². The van der Waals surface area contributed by atoms with Crippen LogP contribution in [0, 0.1) is 5.41 Å². The molecule has 1 aromatic carbocycles. The van der Waals surface area contributed by atoms with E-state index in [2.05, 4.69) is 33.8 Å². The number of nitrogens with one attached hydrogen (secondary N) is 1. The molecule has 0 unspecified atom stereocenters. The van der Waals surface area contributed by atoms with Crippen molar-refractivity contribution in [3.05, 3.63) is 52.7 Å². The zero-order valence-electron chi connectivity index (χ0n) is 21.1. The molecule has 0 spiro atoms. The summed E-state index contributed by atoms with van der Waals surface area (Å²) >= 11 is 5.90. The van der Waals surface area contributed by atoms with Gasteiger partial charge in [0.1, 0.15) is 0 Å². The van der Waals surface area contributed by atoms with Crippen LogP contribution in [0.5, 0.6) is 5.75 Å². The van der Waals surface area contributed by atoms with Crippen LogP contribution in [0.2, 0.25) is 5.02 Å². The number of ether oxygens (including phenoxy) is 2. The van der Waals surface area contributed by atoms with Gasteiger partial charge in [-0.25, -0.2) is 4.98 Å². The number of carbonyl (C=O) groups excluding carboxylic acids is 2. The predicted molar refractivity (Wildman–Crippen MR) is 134 cm³/mol. The molecule has 1 saturated heterocycles. The summed E-state index contributed by atoms with van der Waals surface area (Å²) in [7, 11) is 1.36. The number of alkyl halides is 2. The number of hydrogen-bond acceptors (Lipinski definition) is 6. The molecule has 0 bridgehead atoms. The fraction of sp³-hybridized carbons (Fsp3) is 0.500. The molecule has 2 aromatic rings. The van der Waals surface area contributed by atoms with E-state index in [0.29, 0.717) is 26.1 Å². The molecule has 1 aromatic heterocycles. The fourth-order valence-corrected chi connectivity index (χ4v) is 4.64. The molecule has 1 aliphatic rings. The Kier molecular flexibility index (Phi) is 8.56. The largest absolute Gasteiger partial charge is 0.469 e. The quantitative estimate of drug-likeness (QED) is 0.429. The molecule has 0 radical (unpaired) electrons. The Morgan fingerprint density at radius 1 is 1.25 bits per heavy atom. The fourth-order valence-electron chi connectivity index (χ4n) is 4.49. The first-order valence-electron chi connectivity index (χ1n) is 11.7. The van der Waals surface area contributed by atoms with Gasteiger partial charge in [0.05, 0.1) is 23.0 Å². The second kappa shape index (κ2) is 11.1. The molecule has 0 saturated carbocycles. The van der Waals surface area contributed by atoms with Crippen LogP contribution in [0.4, 0.5) is 14.6 Å². The third-order valence-corrected chi connectivity index (χ3v) is 6.79. The average Bonchev–Trinajstić information content (AvgIpc) is 2.79. The molecule has 0 aliphatic carbocycles. The third kappa shape index (κ3) is 5.95. The van der Waals surface area contributed by atoms with Gasteiger partial charge in [-0.3, -0.25) is 9.59 Å². The number of nitrogens with zero attached hydrogens (tertiary/aromatic N) is 2. The van der Waals surface area contributed by atoms with Crippen molar-refractivity contribution in [3.8, 4) is 5.75 Å². The number of methoxy groups -OCH3 is 1. The third-order valence-electron chi connectivity index (χ3n) is 6.58. The second-order valence-corrected chi connectivity index (χ2v) is 10.4. The zero-order chi connectivity index (χ0) is 26.7. The van der Waals surface area contributed by atoms with Crippen molar-refractivity contribution >= 4 is 29.3 Å². The van der Waals surface area contributed by atoms with Gasteiger partial charge in [-0.05, 0) is 43.9 Å². The Bertz CT molecular complexity index is 1100. The van der Waals surface area contributed by atoms with Crippen molar-refractivity contribution in [1.82, 2.24) is 9.88 Å². The number of hydrogen-bond donors (Lipinski definition) is 1. The molecule has 10 heteroatoms. The SMILES string of the molecule is COC(=O)C(C)(C)CCN1CC(C(=O)Nc2ncc(Cl)cc2OC(F)F)(c2ccccc2C(C)C)C1. The van der Waals surface area contributed by atoms with Crippen molar-refractivity contribution in [3.63, 3.8) is 0 Å². The summed E-state index contributed by atoms with van der Waals surface area (Å²) in [6.07, 6.45) is 1.81. The number of amides is 1. The maximum atomic E-state index is 13.8. The van der Waals surface area contributed by atoms with Gasteiger partial charge in [0.25, 0.3) is 0 Å². The van der Waals surface area contributed by atoms with E-state index in [-0.39, 0.29) is 34.4 Å². The monoisotopic (exact) mass is 523 g/mol. The van der Waals surface area contributed by atoms with Gasteiger partial charge in [-0.2, -0.15) is 8.78 Å². The molecule has 1 N–H and O–H groups in total. The summed E-state index contributed by atoms with van der Waals surface area (Å²) in [4.78, 5) is 32.0. The van der Waals surface area contributed by atoms with Crippen LogP contribution < -0.4 is 10.1 Å². The van der Waals surface area contributed by atoms with Crippen LogP contribution in [0.1, 0.15) is 51.2 Å². The number of pyridine rings is 1. The standard InChI is InChI=1S/C26H32ClF2N3O4/c1-16(2)18-8-6-7-9-19(18)26(14-32(15-26)11-10-25(3,4)23(34)35-5)22(33)31-21-20(36-24(28)29)12-17(27)13-30-21/h6-9,12-13,16,24H,10-11,14-15H2,1-5H3,(H,30,31,33). The lowest BCUT2D eigenvalue weighted by atomic mass is 9.69. The summed E-state index contributed by atoms with van der Waals surface area (Å²) in [5, 5.41) is 2.81. The zero-order valence-corrected chi connectivity index (χ0v) is 21.9. The van der Waals surface area contributed by atoms with E-state index in [4.69, 9.17) is 16.3 Å². The topological polar surface area (TPSA) is 80.8 Å². The first kappa shape index (κ1) is 27.8. The lowest BCUT2D eigenvalue weighted by Gasteiger charge is -2.50. The minimum atomic E-state index is -3.10. The van der Waals surface area contributed by atoms with Gasteiger partial charge >= 0.3 is 12.6 Å². The van der Waals surface area contributed by atoms with Crippen molar-refractivity contribution < 1.29 is 27.8 Å². The van der Waals surface area contributed by atoms with Crippen LogP contribution in [0.3, 0.4) is 0 Å². The van der Waals surface area contributed by atoms with Crippen LogP contribution in [0.25, 0.3) is 0 Å². The van der Waals surface area contributed by atoms with Gasteiger partial charge in [0, 0.05) is 25.4 Å². The summed E-state index contributed by atoms with van der Waals surface area (Å²) in [5.41, 5.74) is 0.279. The number of rotatable bonds is 10. The Morgan fingerprint density at radius 2 is 1.92 bits per heavy atom. The first-order chi connectivity index (χ1) is 16.9. The lowest BCUT2D eigenvalue weighted by Crippen LogP contribution is -2.65. The van der Waals surface area contributed by atoms with E-state index in [0.717, 1.165) is 11.1 Å². The second-order valence-electron chi connectivity index (χ2n) is 9.99. The number of likely N-dealkylation sites (tertiary alicyclic amines) is 1. The van der Waals surface area contributed by atoms with Crippen LogP contribution in [0.15, 0.2) is 36.5 Å². The smallest absolute Gasteiger partial charge is 0.387 e. The molecule has 0 atom stereocenters. The number of halogens is 3. The minimum Gasteiger partial charge on any atom is -0.469 e. The number of carbonyl (C=O) groups is 2. The maximum absolute atomic E-state index is 13.8. The van der Waals surface area contributed by atoms with E-state index in [1.165, 1.54) is 19.4 Å². The summed E-state index contributed by atoms with van der Waals surface area (Å²) in [5.74, 6) is -0.958. The molecule has 196 valence electrons. The number of anilines is 1. The highest BCUT2D eigenvalue weighted by Gasteiger charge is 2.52. The minimum absolute atomic E-state index is 0.103. The molecule has 1 fully saturated rings. The highest BCUT2D eigenvalue weighted by molar-refractivity contribution is 6.30. The van der Waals surface area contributed by atoms with Crippen molar-refractivity contribution in [2.24, 2.45) is 5.41 Å². The van der Waals surface area contributed by atoms with Gasteiger partial charge < -0.3 is 19.7 Å². The molecular formula is C26H32ClF2N3O4. The van der Waals surface area contributed by atoms with Gasteiger partial charge in [0.15, 0.2) is 11.6 Å². The maximum Gasteiger partial charge on any atom is 0.387 e. The van der Waals surface area contributed by atoms with Crippen LogP contribution in [-0.4, -0.2) is 55.1 Å². The van der Waals surface area contributed by atoms with Crippen molar-refractivity contribution in [2.45, 2.75) is 52.1 Å². The Morgan fingerprint density at radius 3 is 2.53 bits per heavy atom. The Hall–Kier alpha value is -2.78. The van der Waals surface area contributed by atoms with Gasteiger partial charge in [0.2, 0.25) is 5.91 Å². The van der Waals surface area contributed by atoms with E-state index in [1.807, 2.05) is 38.1 Å². The van der Waals surface area contributed by atoms with E-state index < -0.39 is 17.4 Å². The highest BCUT2D eigenvalue weighted by atomic mass is 35.5. The predicted octanol–water partition coefficient (Wildman–Crippen LogP) is 5.24. The highest BCUT2D eigenvalue weighted by Crippen LogP contribution is 2.41. The number of esters is 1. The lowest BCUT2D eigenvalue weighted by molar-refractivity contribution is -0.151. The molecule has 7 nitrogen and oxygen atoms in total. The number of aromatic nitrogens is 1. The first-order valence-corrected chi connectivity index (χ1v) is 12.1. The molecule has 1 amide bonds. The summed E-state index contributed by atoms with van der Waals surface area (Å²) in [6.45, 7) is 6.00. The van der Waals surface area contributed by atoms with E-state index >= 15 is 0 Å². The van der Waals surface area contributed by atoms with Crippen LogP contribution in [-0.2, 0) is 19.7 Å². The van der Waals surface area contributed by atoms with Crippen LogP contribution >= 0.6 is 11.6 Å². The molecular weight excluding hydrogens is 492 g/mol. The summed E-state index contributed by atoms with van der Waals surface area (Å²) in [6, 6.07) is 8.91. The average molecular weight is 524 g/mol. The van der Waals surface area contributed by atoms with E-state index in [1.54, 1.807) is 0 Å². The Balaban J connectivity index is 1.90. The summed E-state index contributed by atoms with van der Waals surface area (Å²) < 4.78 is 35.4. The molecule has 2 heterocycles. The van der Waals surface area contributed by atoms with Gasteiger partial charge in [-0.15, -0.1) is 0 Å². The molecule has 3 rings (SSSR count). The molecule has 36 heavy (non-hydrogen) atoms. The normalized spacial score (nSPS) is 15.5.